The molecule has 0 amide bonds. The molecule has 17 heavy (non-hydrogen) atoms. The molecule has 1 fully saturated rings. The average molecular weight is 240 g/mol. The second kappa shape index (κ2) is 5.36. The molecule has 0 aromatic heterocycles. The first-order valence-electron chi connectivity index (χ1n) is 5.72. The smallest absolute Gasteiger partial charge is 0.133 e. The largest absolute Gasteiger partial charge is 0.373 e. The van der Waals surface area contributed by atoms with Crippen molar-refractivity contribution in [1.82, 2.24) is 0 Å². The summed E-state index contributed by atoms with van der Waals surface area (Å²) in [4.78, 5) is 11.0. The highest BCUT2D eigenvalue weighted by Crippen LogP contribution is 2.20. The van der Waals surface area contributed by atoms with Crippen molar-refractivity contribution < 1.29 is 18.3 Å². The molecule has 0 aliphatic heterocycles. The topological polar surface area (TPSA) is 26.3 Å². The van der Waals surface area contributed by atoms with Crippen LogP contribution in [0.3, 0.4) is 0 Å². The van der Waals surface area contributed by atoms with Crippen LogP contribution in [0, 0.1) is 11.6 Å². The van der Waals surface area contributed by atoms with Gasteiger partial charge in [0.1, 0.15) is 17.4 Å². The molecule has 1 aliphatic rings. The molecule has 92 valence electrons. The fraction of sp³-hybridized carbons (Fsp3) is 0.462. The third-order valence-electron chi connectivity index (χ3n) is 2.98. The maximum Gasteiger partial charge on any atom is 0.133 e. The number of hydrogen-bond acceptors (Lipinski definition) is 2. The van der Waals surface area contributed by atoms with Crippen LogP contribution in [0.25, 0.3) is 0 Å². The minimum absolute atomic E-state index is 0.0113. The molecule has 0 atom stereocenters. The zero-order valence-electron chi connectivity index (χ0n) is 9.42. The van der Waals surface area contributed by atoms with Crippen LogP contribution in [-0.2, 0) is 16.1 Å². The van der Waals surface area contributed by atoms with Crippen molar-refractivity contribution in [1.29, 1.82) is 0 Å². The first-order chi connectivity index (χ1) is 8.15. The molecule has 1 saturated carbocycles. The number of hydrogen-bond donors (Lipinski definition) is 0. The molecule has 0 N–H and O–H groups in total. The normalized spacial score (nSPS) is 17.4. The van der Waals surface area contributed by atoms with Gasteiger partial charge in [-0.2, -0.15) is 0 Å². The van der Waals surface area contributed by atoms with E-state index in [1.165, 1.54) is 12.1 Å². The van der Waals surface area contributed by atoms with Gasteiger partial charge in [-0.3, -0.25) is 4.79 Å². The van der Waals surface area contributed by atoms with Gasteiger partial charge in [0.2, 0.25) is 0 Å². The van der Waals surface area contributed by atoms with Gasteiger partial charge in [-0.1, -0.05) is 6.07 Å². The number of ketones is 1. The van der Waals surface area contributed by atoms with Crippen molar-refractivity contribution >= 4 is 5.78 Å². The van der Waals surface area contributed by atoms with Crippen molar-refractivity contribution in [2.75, 3.05) is 0 Å². The van der Waals surface area contributed by atoms with Crippen LogP contribution in [0.4, 0.5) is 8.78 Å². The van der Waals surface area contributed by atoms with Crippen molar-refractivity contribution in [2.45, 2.75) is 38.4 Å². The lowest BCUT2D eigenvalue weighted by Crippen LogP contribution is -2.21. The van der Waals surface area contributed by atoms with Gasteiger partial charge in [-0.15, -0.1) is 0 Å². The maximum absolute atomic E-state index is 13.3. The summed E-state index contributed by atoms with van der Waals surface area (Å²) in [5.41, 5.74) is 0.350. The van der Waals surface area contributed by atoms with E-state index in [1.807, 2.05) is 0 Å². The SMILES string of the molecule is O=C1CCC(OCc2ccc(F)cc2F)CC1. The third-order valence-corrected chi connectivity index (χ3v) is 2.98. The lowest BCUT2D eigenvalue weighted by atomic mass is 9.96. The number of Topliss-reactive ketones (excluding diaryl/α,β-unsaturated/α-hetero) is 1. The molecule has 1 aromatic rings. The van der Waals surface area contributed by atoms with Crippen molar-refractivity contribution in [3.63, 3.8) is 0 Å². The molecule has 4 heteroatoms. The summed E-state index contributed by atoms with van der Waals surface area (Å²) < 4.78 is 31.5. The summed E-state index contributed by atoms with van der Waals surface area (Å²) in [5, 5.41) is 0. The number of halogens is 2. The molecule has 0 unspecified atom stereocenters. The van der Waals surface area contributed by atoms with Gasteiger partial charge >= 0.3 is 0 Å². The minimum atomic E-state index is -0.588. The van der Waals surface area contributed by atoms with E-state index in [9.17, 15) is 13.6 Å². The highest BCUT2D eigenvalue weighted by Gasteiger charge is 2.19. The first kappa shape index (κ1) is 12.2. The van der Waals surface area contributed by atoms with Crippen LogP contribution in [0.1, 0.15) is 31.2 Å². The van der Waals surface area contributed by atoms with Crippen LogP contribution in [0.15, 0.2) is 18.2 Å². The highest BCUT2D eigenvalue weighted by molar-refractivity contribution is 5.79. The van der Waals surface area contributed by atoms with Gasteiger partial charge in [-0.25, -0.2) is 8.78 Å². The van der Waals surface area contributed by atoms with Crippen molar-refractivity contribution in [2.24, 2.45) is 0 Å². The summed E-state index contributed by atoms with van der Waals surface area (Å²) in [7, 11) is 0. The van der Waals surface area contributed by atoms with Crippen molar-refractivity contribution in [3.8, 4) is 0 Å². The lowest BCUT2D eigenvalue weighted by molar-refractivity contribution is -0.123. The second-order valence-corrected chi connectivity index (χ2v) is 4.28. The quantitative estimate of drug-likeness (QED) is 0.811. The molecule has 0 heterocycles. The Morgan fingerprint density at radius 1 is 1.24 bits per heavy atom. The van der Waals surface area contributed by atoms with Crippen LogP contribution < -0.4 is 0 Å². The standard InChI is InChI=1S/C13H14F2O2/c14-10-2-1-9(13(15)7-10)8-17-12-5-3-11(16)4-6-12/h1-2,7,12H,3-6,8H2. The Morgan fingerprint density at radius 2 is 1.94 bits per heavy atom. The van der Waals surface area contributed by atoms with Crippen LogP contribution in [0.5, 0.6) is 0 Å². The van der Waals surface area contributed by atoms with Gasteiger partial charge in [0.25, 0.3) is 0 Å². The lowest BCUT2D eigenvalue weighted by Gasteiger charge is -2.21. The van der Waals surface area contributed by atoms with Gasteiger partial charge < -0.3 is 4.74 Å². The monoisotopic (exact) mass is 240 g/mol. The zero-order valence-corrected chi connectivity index (χ0v) is 9.42. The average Bonchev–Trinajstić information content (AvgIpc) is 2.30. The van der Waals surface area contributed by atoms with Gasteiger partial charge in [0.05, 0.1) is 12.7 Å². The van der Waals surface area contributed by atoms with E-state index in [0.717, 1.165) is 6.07 Å². The van der Waals surface area contributed by atoms with E-state index in [2.05, 4.69) is 0 Å². The van der Waals surface area contributed by atoms with E-state index < -0.39 is 11.6 Å². The van der Waals surface area contributed by atoms with Crippen LogP contribution in [-0.4, -0.2) is 11.9 Å². The predicted molar refractivity (Wildman–Crippen MR) is 58.4 cm³/mol. The number of rotatable bonds is 3. The van der Waals surface area contributed by atoms with E-state index in [0.29, 0.717) is 31.2 Å². The number of carbonyl (C=O) groups is 1. The molecular formula is C13H14F2O2. The first-order valence-corrected chi connectivity index (χ1v) is 5.72. The molecule has 0 saturated heterocycles. The summed E-state index contributed by atoms with van der Waals surface area (Å²) in [6, 6.07) is 3.45. The Balaban J connectivity index is 1.87. The fourth-order valence-corrected chi connectivity index (χ4v) is 1.93. The summed E-state index contributed by atoms with van der Waals surface area (Å²) in [6.07, 6.45) is 2.48. The summed E-state index contributed by atoms with van der Waals surface area (Å²) in [5.74, 6) is -0.913. The molecule has 0 radical (unpaired) electrons. The summed E-state index contributed by atoms with van der Waals surface area (Å²) in [6.45, 7) is 0.130. The van der Waals surface area contributed by atoms with Crippen LogP contribution in [0.2, 0.25) is 0 Å². The van der Waals surface area contributed by atoms with E-state index in [-0.39, 0.29) is 18.5 Å². The Morgan fingerprint density at radius 3 is 2.59 bits per heavy atom. The summed E-state index contributed by atoms with van der Waals surface area (Å²) >= 11 is 0. The molecule has 0 bridgehead atoms. The molecule has 0 spiro atoms. The minimum Gasteiger partial charge on any atom is -0.373 e. The molecule has 1 aliphatic carbocycles. The number of benzene rings is 1. The van der Waals surface area contributed by atoms with E-state index in [1.54, 1.807) is 0 Å². The van der Waals surface area contributed by atoms with Gasteiger partial charge in [0.15, 0.2) is 0 Å². The number of carbonyl (C=O) groups excluding carboxylic acids is 1. The molecule has 2 rings (SSSR count). The van der Waals surface area contributed by atoms with Crippen molar-refractivity contribution in [3.05, 3.63) is 35.4 Å². The second-order valence-electron chi connectivity index (χ2n) is 4.28. The third kappa shape index (κ3) is 3.33. The molecule has 1 aromatic carbocycles. The zero-order chi connectivity index (χ0) is 12.3. The molecular weight excluding hydrogens is 226 g/mol. The van der Waals surface area contributed by atoms with Gasteiger partial charge in [-0.05, 0) is 18.9 Å². The Hall–Kier alpha value is -1.29. The fourth-order valence-electron chi connectivity index (χ4n) is 1.93. The van der Waals surface area contributed by atoms with Gasteiger partial charge in [0, 0.05) is 24.5 Å². The van der Waals surface area contributed by atoms with Crippen LogP contribution >= 0.6 is 0 Å². The predicted octanol–water partition coefficient (Wildman–Crippen LogP) is 2.99. The van der Waals surface area contributed by atoms with E-state index in [4.69, 9.17) is 4.74 Å². The number of ether oxygens (including phenoxy) is 1. The Labute approximate surface area is 98.6 Å². The Bertz CT molecular complexity index is 408. The van der Waals surface area contributed by atoms with E-state index >= 15 is 0 Å². The highest BCUT2D eigenvalue weighted by atomic mass is 19.1. The molecule has 2 nitrogen and oxygen atoms in total. The Kier molecular flexibility index (Phi) is 3.84. The maximum atomic E-state index is 13.3.